The molecule has 6 heteroatoms. The molecular weight excluding hydrogens is 306 g/mol. The quantitative estimate of drug-likeness (QED) is 0.823. The minimum atomic E-state index is -0.296. The topological polar surface area (TPSA) is 69.7 Å². The Hall–Kier alpha value is -1.59. The van der Waals surface area contributed by atoms with Gasteiger partial charge in [-0.2, -0.15) is 0 Å². The van der Waals surface area contributed by atoms with Crippen molar-refractivity contribution in [1.29, 1.82) is 0 Å². The van der Waals surface area contributed by atoms with E-state index < -0.39 is 0 Å². The monoisotopic (exact) mass is 335 g/mol. The van der Waals surface area contributed by atoms with E-state index in [2.05, 4.69) is 5.32 Å². The molecule has 2 aliphatic heterocycles. The second kappa shape index (κ2) is 7.53. The number of nitrogens with one attached hydrogen (secondary N) is 1. The third-order valence-corrected chi connectivity index (χ3v) is 5.42. The zero-order chi connectivity index (χ0) is 17.1. The van der Waals surface area contributed by atoms with Crippen LogP contribution in [0.15, 0.2) is 0 Å². The molecule has 3 rings (SSSR count). The fourth-order valence-corrected chi connectivity index (χ4v) is 3.83. The highest BCUT2D eigenvalue weighted by atomic mass is 16.2. The third-order valence-electron chi connectivity index (χ3n) is 5.42. The Bertz CT molecular complexity index is 496. The lowest BCUT2D eigenvalue weighted by Crippen LogP contribution is -2.52. The summed E-state index contributed by atoms with van der Waals surface area (Å²) < 4.78 is 0. The van der Waals surface area contributed by atoms with Crippen LogP contribution >= 0.6 is 0 Å². The second-order valence-electron chi connectivity index (χ2n) is 7.38. The van der Waals surface area contributed by atoms with Crippen LogP contribution in [0.5, 0.6) is 0 Å². The van der Waals surface area contributed by atoms with Gasteiger partial charge in [0, 0.05) is 38.0 Å². The molecule has 1 atom stereocenters. The van der Waals surface area contributed by atoms with E-state index in [-0.39, 0.29) is 29.8 Å². The molecule has 6 nitrogen and oxygen atoms in total. The van der Waals surface area contributed by atoms with E-state index in [1.807, 2.05) is 11.8 Å². The van der Waals surface area contributed by atoms with Gasteiger partial charge in [-0.3, -0.25) is 14.4 Å². The van der Waals surface area contributed by atoms with Crippen molar-refractivity contribution >= 4 is 17.7 Å². The molecule has 3 fully saturated rings. The summed E-state index contributed by atoms with van der Waals surface area (Å²) in [6, 6.07) is -0.167. The van der Waals surface area contributed by atoms with Gasteiger partial charge in [-0.15, -0.1) is 0 Å². The van der Waals surface area contributed by atoms with Gasteiger partial charge in [-0.05, 0) is 44.9 Å². The van der Waals surface area contributed by atoms with Crippen LogP contribution in [0.4, 0.5) is 0 Å². The normalized spacial score (nSPS) is 25.0. The highest BCUT2D eigenvalue weighted by Gasteiger charge is 2.37. The van der Waals surface area contributed by atoms with Crippen LogP contribution in [0.25, 0.3) is 0 Å². The van der Waals surface area contributed by atoms with Crippen molar-refractivity contribution in [3.8, 4) is 0 Å². The molecule has 0 aromatic carbocycles. The molecule has 0 unspecified atom stereocenters. The fraction of sp³-hybridized carbons (Fsp3) is 0.833. The van der Waals surface area contributed by atoms with Gasteiger partial charge in [-0.25, -0.2) is 0 Å². The number of carbonyl (C=O) groups is 3. The summed E-state index contributed by atoms with van der Waals surface area (Å²) in [7, 11) is 0. The van der Waals surface area contributed by atoms with Gasteiger partial charge in [0.25, 0.3) is 0 Å². The molecule has 3 aliphatic rings. The molecule has 0 bridgehead atoms. The molecular formula is C18H29N3O3. The van der Waals surface area contributed by atoms with Crippen molar-refractivity contribution in [3.63, 3.8) is 0 Å². The largest absolute Gasteiger partial charge is 0.351 e. The lowest BCUT2D eigenvalue weighted by atomic mass is 10.0. The summed E-state index contributed by atoms with van der Waals surface area (Å²) in [4.78, 5) is 40.5. The first-order valence-corrected chi connectivity index (χ1v) is 9.48. The van der Waals surface area contributed by atoms with Gasteiger partial charge in [0.1, 0.15) is 6.04 Å². The van der Waals surface area contributed by atoms with Crippen molar-refractivity contribution in [2.75, 3.05) is 19.6 Å². The maximum absolute atomic E-state index is 12.6. The van der Waals surface area contributed by atoms with E-state index in [0.717, 1.165) is 58.0 Å². The van der Waals surface area contributed by atoms with Gasteiger partial charge in [0.2, 0.25) is 17.7 Å². The number of hydrogen-bond acceptors (Lipinski definition) is 3. The van der Waals surface area contributed by atoms with Crippen molar-refractivity contribution in [2.45, 2.75) is 70.4 Å². The number of carbonyl (C=O) groups excluding carboxylic acids is 3. The summed E-state index contributed by atoms with van der Waals surface area (Å²) in [5, 5.41) is 3.12. The Balaban J connectivity index is 1.46. The summed E-state index contributed by atoms with van der Waals surface area (Å²) in [6.07, 6.45) is 6.72. The Morgan fingerprint density at radius 1 is 1.00 bits per heavy atom. The molecule has 0 spiro atoms. The number of likely N-dealkylation sites (tertiary alicyclic amines) is 2. The van der Waals surface area contributed by atoms with Crippen molar-refractivity contribution in [2.24, 2.45) is 5.92 Å². The maximum Gasteiger partial charge on any atom is 0.243 e. The lowest BCUT2D eigenvalue weighted by molar-refractivity contribution is -0.139. The first-order chi connectivity index (χ1) is 11.6. The SMILES string of the molecule is CCCC(=O)N1CCC[C@H]1C(=O)NC1CCN(C(=O)C2CC2)CC1. The summed E-state index contributed by atoms with van der Waals surface area (Å²) in [6.45, 7) is 4.16. The van der Waals surface area contributed by atoms with Crippen LogP contribution in [0.3, 0.4) is 0 Å². The standard InChI is InChI=1S/C18H29N3O3/c1-2-4-16(22)21-10-3-5-15(21)17(23)19-14-8-11-20(12-9-14)18(24)13-6-7-13/h13-15H,2-12H2,1H3,(H,19,23)/t15-/m0/s1. The summed E-state index contributed by atoms with van der Waals surface area (Å²) >= 11 is 0. The molecule has 2 saturated heterocycles. The van der Waals surface area contributed by atoms with Crippen molar-refractivity contribution in [1.82, 2.24) is 15.1 Å². The average molecular weight is 335 g/mol. The van der Waals surface area contributed by atoms with Gasteiger partial charge >= 0.3 is 0 Å². The molecule has 1 saturated carbocycles. The van der Waals surface area contributed by atoms with Crippen LogP contribution in [0.1, 0.15) is 58.3 Å². The molecule has 0 aromatic heterocycles. The summed E-state index contributed by atoms with van der Waals surface area (Å²) in [5.41, 5.74) is 0. The lowest BCUT2D eigenvalue weighted by Gasteiger charge is -2.34. The van der Waals surface area contributed by atoms with E-state index in [1.165, 1.54) is 0 Å². The number of rotatable bonds is 5. The molecule has 1 N–H and O–H groups in total. The minimum Gasteiger partial charge on any atom is -0.351 e. The molecule has 0 radical (unpaired) electrons. The van der Waals surface area contributed by atoms with Gasteiger partial charge < -0.3 is 15.1 Å². The first-order valence-electron chi connectivity index (χ1n) is 9.48. The highest BCUT2D eigenvalue weighted by Crippen LogP contribution is 2.32. The molecule has 134 valence electrons. The van der Waals surface area contributed by atoms with Gasteiger partial charge in [-0.1, -0.05) is 6.92 Å². The van der Waals surface area contributed by atoms with Crippen LogP contribution in [0, 0.1) is 5.92 Å². The van der Waals surface area contributed by atoms with E-state index in [0.29, 0.717) is 18.9 Å². The number of nitrogens with zero attached hydrogens (tertiary/aromatic N) is 2. The Morgan fingerprint density at radius 2 is 1.71 bits per heavy atom. The smallest absolute Gasteiger partial charge is 0.243 e. The number of piperidine rings is 1. The van der Waals surface area contributed by atoms with Crippen LogP contribution in [-0.2, 0) is 14.4 Å². The molecule has 3 amide bonds. The number of hydrogen-bond donors (Lipinski definition) is 1. The van der Waals surface area contributed by atoms with Crippen LogP contribution < -0.4 is 5.32 Å². The predicted molar refractivity (Wildman–Crippen MR) is 90.1 cm³/mol. The third kappa shape index (κ3) is 3.90. The van der Waals surface area contributed by atoms with Crippen molar-refractivity contribution in [3.05, 3.63) is 0 Å². The Kier molecular flexibility index (Phi) is 5.41. The van der Waals surface area contributed by atoms with E-state index in [4.69, 9.17) is 0 Å². The van der Waals surface area contributed by atoms with E-state index in [9.17, 15) is 14.4 Å². The Labute approximate surface area is 143 Å². The van der Waals surface area contributed by atoms with Crippen LogP contribution in [-0.4, -0.2) is 59.2 Å². The Morgan fingerprint density at radius 3 is 2.33 bits per heavy atom. The first kappa shape index (κ1) is 17.2. The average Bonchev–Trinajstić information content (AvgIpc) is 3.31. The van der Waals surface area contributed by atoms with E-state index >= 15 is 0 Å². The van der Waals surface area contributed by atoms with E-state index in [1.54, 1.807) is 4.90 Å². The number of amides is 3. The molecule has 1 aliphatic carbocycles. The van der Waals surface area contributed by atoms with Crippen molar-refractivity contribution < 1.29 is 14.4 Å². The zero-order valence-corrected chi connectivity index (χ0v) is 14.6. The minimum absolute atomic E-state index is 0.0103. The maximum atomic E-state index is 12.6. The van der Waals surface area contributed by atoms with Gasteiger partial charge in [0.05, 0.1) is 0 Å². The second-order valence-corrected chi connectivity index (χ2v) is 7.38. The molecule has 0 aromatic rings. The summed E-state index contributed by atoms with van der Waals surface area (Å²) in [5.74, 6) is 0.656. The van der Waals surface area contributed by atoms with Gasteiger partial charge in [0.15, 0.2) is 0 Å². The highest BCUT2D eigenvalue weighted by molar-refractivity contribution is 5.88. The predicted octanol–water partition coefficient (Wildman–Crippen LogP) is 1.29. The molecule has 2 heterocycles. The zero-order valence-electron chi connectivity index (χ0n) is 14.6. The van der Waals surface area contributed by atoms with Crippen LogP contribution in [0.2, 0.25) is 0 Å². The fourth-order valence-electron chi connectivity index (χ4n) is 3.83. The molecule has 24 heavy (non-hydrogen) atoms.